The van der Waals surface area contributed by atoms with Gasteiger partial charge in [0.1, 0.15) is 17.1 Å². The molecule has 0 radical (unpaired) electrons. The first-order valence-electron chi connectivity index (χ1n) is 12.4. The molecule has 0 unspecified atom stereocenters. The fourth-order valence-electron chi connectivity index (χ4n) is 3.87. The number of carbonyl (C=O) groups is 2. The van der Waals surface area contributed by atoms with Crippen LogP contribution in [0.4, 0.5) is 4.39 Å². The summed E-state index contributed by atoms with van der Waals surface area (Å²) < 4.78 is 31.0. The predicted molar refractivity (Wildman–Crippen MR) is 141 cm³/mol. The van der Waals surface area contributed by atoms with E-state index in [9.17, 15) is 19.1 Å². The van der Waals surface area contributed by atoms with E-state index in [-0.39, 0.29) is 24.5 Å². The van der Waals surface area contributed by atoms with Crippen LogP contribution in [0.1, 0.15) is 28.4 Å². The molecule has 3 N–H and O–H groups in total. The van der Waals surface area contributed by atoms with Gasteiger partial charge in [-0.3, -0.25) is 9.59 Å². The zero-order valence-corrected chi connectivity index (χ0v) is 21.5. The van der Waals surface area contributed by atoms with Crippen molar-refractivity contribution in [2.75, 3.05) is 33.5 Å². The predicted octanol–water partition coefficient (Wildman–Crippen LogP) is 3.30. The van der Waals surface area contributed by atoms with Crippen molar-refractivity contribution >= 4 is 11.8 Å². The average Bonchev–Trinajstić information content (AvgIpc) is 2.92. The molecule has 9 heteroatoms. The van der Waals surface area contributed by atoms with Crippen LogP contribution in [0.2, 0.25) is 0 Å². The normalized spacial score (nSPS) is 11.4. The van der Waals surface area contributed by atoms with Gasteiger partial charge in [0.15, 0.2) is 18.1 Å². The van der Waals surface area contributed by atoms with Gasteiger partial charge in [0.25, 0.3) is 11.8 Å². The highest BCUT2D eigenvalue weighted by molar-refractivity contribution is 5.97. The van der Waals surface area contributed by atoms with E-state index in [4.69, 9.17) is 14.2 Å². The number of aliphatic hydroxyl groups excluding tert-OH is 1. The zero-order valence-electron chi connectivity index (χ0n) is 21.5. The number of amides is 2. The van der Waals surface area contributed by atoms with Crippen LogP contribution in [0.25, 0.3) is 0 Å². The third-order valence-electron chi connectivity index (χ3n) is 5.70. The Morgan fingerprint density at radius 1 is 0.947 bits per heavy atom. The molecule has 202 valence electrons. The molecule has 0 saturated heterocycles. The van der Waals surface area contributed by atoms with Gasteiger partial charge in [-0.25, -0.2) is 4.39 Å². The van der Waals surface area contributed by atoms with Crippen LogP contribution >= 0.6 is 0 Å². The Labute approximate surface area is 221 Å². The molecule has 0 fully saturated rings. The smallest absolute Gasteiger partial charge is 0.258 e. The summed E-state index contributed by atoms with van der Waals surface area (Å²) in [5.74, 6) is -0.754. The Morgan fingerprint density at radius 3 is 2.45 bits per heavy atom. The van der Waals surface area contributed by atoms with Crippen molar-refractivity contribution in [2.45, 2.75) is 25.8 Å². The second-order valence-electron chi connectivity index (χ2n) is 8.46. The second-order valence-corrected chi connectivity index (χ2v) is 8.46. The van der Waals surface area contributed by atoms with Crippen LogP contribution in [0.5, 0.6) is 17.2 Å². The van der Waals surface area contributed by atoms with Crippen LogP contribution in [0, 0.1) is 5.82 Å². The first-order chi connectivity index (χ1) is 18.4. The lowest BCUT2D eigenvalue weighted by atomic mass is 10.1. The van der Waals surface area contributed by atoms with E-state index < -0.39 is 30.3 Å². The summed E-state index contributed by atoms with van der Waals surface area (Å²) in [4.78, 5) is 25.2. The van der Waals surface area contributed by atoms with Gasteiger partial charge in [-0.1, -0.05) is 42.5 Å². The van der Waals surface area contributed by atoms with Crippen molar-refractivity contribution in [1.82, 2.24) is 10.6 Å². The Bertz CT molecular complexity index is 1200. The van der Waals surface area contributed by atoms with Crippen molar-refractivity contribution < 1.29 is 33.3 Å². The molecule has 3 aromatic carbocycles. The molecule has 0 heterocycles. The first kappa shape index (κ1) is 28.5. The molecule has 2 amide bonds. The summed E-state index contributed by atoms with van der Waals surface area (Å²) in [7, 11) is 1.56. The van der Waals surface area contributed by atoms with Gasteiger partial charge >= 0.3 is 0 Å². The topological polar surface area (TPSA) is 106 Å². The lowest BCUT2D eigenvalue weighted by molar-refractivity contribution is -0.124. The Morgan fingerprint density at radius 2 is 1.74 bits per heavy atom. The standard InChI is InChI=1S/C29H33FN2O6/c1-3-37-26-17-21(12-13-24(26)36-2)14-15-31-29(35)28-23(30)10-7-11-25(28)38-19-27(34)32-22(18-33)16-20-8-5-4-6-9-20/h4-13,17,22,33H,3,14-16,18-19H2,1-2H3,(H,31,35)(H,32,34)/t22-/m0/s1. The van der Waals surface area contributed by atoms with E-state index in [0.29, 0.717) is 30.9 Å². The van der Waals surface area contributed by atoms with Gasteiger partial charge in [0.05, 0.1) is 26.4 Å². The van der Waals surface area contributed by atoms with E-state index in [1.54, 1.807) is 13.2 Å². The molecule has 0 bridgehead atoms. The van der Waals surface area contributed by atoms with Crippen molar-refractivity contribution in [3.8, 4) is 17.2 Å². The summed E-state index contributed by atoms with van der Waals surface area (Å²) in [6.45, 7) is 1.90. The second kappa shape index (κ2) is 14.6. The maximum atomic E-state index is 14.6. The van der Waals surface area contributed by atoms with Crippen LogP contribution in [0.15, 0.2) is 66.7 Å². The number of ether oxygens (including phenoxy) is 3. The van der Waals surface area contributed by atoms with Gasteiger partial charge in [-0.05, 0) is 55.2 Å². The van der Waals surface area contributed by atoms with Crippen LogP contribution in [-0.4, -0.2) is 56.4 Å². The number of benzene rings is 3. The third kappa shape index (κ3) is 8.21. The molecule has 0 spiro atoms. The number of halogens is 1. The van der Waals surface area contributed by atoms with Crippen LogP contribution < -0.4 is 24.8 Å². The van der Waals surface area contributed by atoms with Gasteiger partial charge < -0.3 is 30.0 Å². The molecule has 0 saturated carbocycles. The van der Waals surface area contributed by atoms with Crippen LogP contribution in [-0.2, 0) is 17.6 Å². The SMILES string of the molecule is CCOc1cc(CCNC(=O)c2c(F)cccc2OCC(=O)N[C@H](CO)Cc2ccccc2)ccc1OC. The molecule has 38 heavy (non-hydrogen) atoms. The molecule has 0 aliphatic heterocycles. The fourth-order valence-corrected chi connectivity index (χ4v) is 3.87. The number of methoxy groups -OCH3 is 1. The van der Waals surface area contributed by atoms with E-state index in [1.807, 2.05) is 49.4 Å². The number of hydrogen-bond acceptors (Lipinski definition) is 6. The Hall–Kier alpha value is -4.11. The van der Waals surface area contributed by atoms with Crippen molar-refractivity contribution in [2.24, 2.45) is 0 Å². The van der Waals surface area contributed by atoms with Crippen molar-refractivity contribution in [3.63, 3.8) is 0 Å². The number of rotatable bonds is 14. The van der Waals surface area contributed by atoms with E-state index >= 15 is 0 Å². The summed E-state index contributed by atoms with van der Waals surface area (Å²) in [6, 6.07) is 18.4. The molecular weight excluding hydrogens is 491 g/mol. The van der Waals surface area contributed by atoms with Crippen molar-refractivity contribution in [3.05, 3.63) is 89.2 Å². The minimum absolute atomic E-state index is 0.0515. The summed E-state index contributed by atoms with van der Waals surface area (Å²) in [6.07, 6.45) is 0.920. The quantitative estimate of drug-likeness (QED) is 0.299. The minimum atomic E-state index is -0.763. The highest BCUT2D eigenvalue weighted by atomic mass is 19.1. The van der Waals surface area contributed by atoms with Gasteiger partial charge in [-0.2, -0.15) is 0 Å². The number of aliphatic hydroxyl groups is 1. The van der Waals surface area contributed by atoms with Gasteiger partial charge in [0.2, 0.25) is 0 Å². The minimum Gasteiger partial charge on any atom is -0.493 e. The average molecular weight is 525 g/mol. The summed E-state index contributed by atoms with van der Waals surface area (Å²) >= 11 is 0. The molecule has 1 atom stereocenters. The first-order valence-corrected chi connectivity index (χ1v) is 12.4. The van der Waals surface area contributed by atoms with Gasteiger partial charge in [-0.15, -0.1) is 0 Å². The largest absolute Gasteiger partial charge is 0.493 e. The third-order valence-corrected chi connectivity index (χ3v) is 5.70. The zero-order chi connectivity index (χ0) is 27.3. The molecule has 3 rings (SSSR count). The Balaban J connectivity index is 1.56. The van der Waals surface area contributed by atoms with Crippen molar-refractivity contribution in [1.29, 1.82) is 0 Å². The number of nitrogens with one attached hydrogen (secondary N) is 2. The highest BCUT2D eigenvalue weighted by Crippen LogP contribution is 2.28. The molecule has 0 aromatic heterocycles. The molecule has 8 nitrogen and oxygen atoms in total. The van der Waals surface area contributed by atoms with Crippen LogP contribution in [0.3, 0.4) is 0 Å². The monoisotopic (exact) mass is 524 g/mol. The maximum Gasteiger partial charge on any atom is 0.258 e. The summed E-state index contributed by atoms with van der Waals surface area (Å²) in [5.41, 5.74) is 1.58. The Kier molecular flexibility index (Phi) is 10.9. The molecular formula is C29H33FN2O6. The van der Waals surface area contributed by atoms with Gasteiger partial charge in [0, 0.05) is 6.54 Å². The van der Waals surface area contributed by atoms with E-state index in [2.05, 4.69) is 10.6 Å². The number of carbonyl (C=O) groups excluding carboxylic acids is 2. The molecule has 0 aliphatic carbocycles. The fraction of sp³-hybridized carbons (Fsp3) is 0.310. The lowest BCUT2D eigenvalue weighted by Gasteiger charge is -2.17. The van der Waals surface area contributed by atoms with E-state index in [1.165, 1.54) is 12.1 Å². The highest BCUT2D eigenvalue weighted by Gasteiger charge is 2.19. The number of hydrogen-bond donors (Lipinski definition) is 3. The summed E-state index contributed by atoms with van der Waals surface area (Å²) in [5, 5.41) is 15.0. The molecule has 3 aromatic rings. The molecule has 0 aliphatic rings. The van der Waals surface area contributed by atoms with E-state index in [0.717, 1.165) is 17.2 Å². The maximum absolute atomic E-state index is 14.6. The lowest BCUT2D eigenvalue weighted by Crippen LogP contribution is -2.41.